The number of carbonyl (C=O) groups is 1. The smallest absolute Gasteiger partial charge is 0.263 e. The van der Waals surface area contributed by atoms with Crippen LogP contribution in [0.25, 0.3) is 11.1 Å². The van der Waals surface area contributed by atoms with Gasteiger partial charge >= 0.3 is 0 Å². The van der Waals surface area contributed by atoms with Crippen LogP contribution in [0.2, 0.25) is 0 Å². The summed E-state index contributed by atoms with van der Waals surface area (Å²) < 4.78 is 11.2. The number of aliphatic imine (C=N–C) groups is 1. The Morgan fingerprint density at radius 3 is 2.15 bits per heavy atom. The highest BCUT2D eigenvalue weighted by molar-refractivity contribution is 6.03. The lowest BCUT2D eigenvalue weighted by molar-refractivity contribution is 0.0685. The lowest BCUT2D eigenvalue weighted by Crippen LogP contribution is -2.51. The van der Waals surface area contributed by atoms with Gasteiger partial charge in [0, 0.05) is 38.8 Å². The Labute approximate surface area is 235 Å². The molecule has 0 bridgehead atoms. The number of pyridine rings is 1. The van der Waals surface area contributed by atoms with E-state index in [1.54, 1.807) is 30.1 Å². The molecule has 0 atom stereocenters. The molecule has 0 radical (unpaired) electrons. The standard InChI is InChI=1S/C31H38N4O5/c1-6-7-13-22-25(26-23(39-4)14-10-15-24(26)40-5)28(36)27(30(37)33-22)31(38)35-18-16-34(17-19-35)29(32-3)21-12-9-8-11-20(21)2/h8-12,14-15H,6-7,13,16-19H2,1-5H3,(H2,33,36,37)/b32-29+. The molecule has 2 aromatic carbocycles. The van der Waals surface area contributed by atoms with E-state index in [0.29, 0.717) is 60.9 Å². The van der Waals surface area contributed by atoms with Gasteiger partial charge in [-0.25, -0.2) is 4.98 Å². The average Bonchev–Trinajstić information content (AvgIpc) is 2.97. The number of methoxy groups -OCH3 is 2. The highest BCUT2D eigenvalue weighted by Gasteiger charge is 2.32. The molecule has 1 aliphatic heterocycles. The molecule has 4 rings (SSSR count). The van der Waals surface area contributed by atoms with Gasteiger partial charge in [0.05, 0.1) is 31.0 Å². The molecule has 1 fully saturated rings. The first-order valence-electron chi connectivity index (χ1n) is 13.6. The molecular formula is C31H38N4O5. The molecule has 3 aromatic rings. The molecule has 2 heterocycles. The van der Waals surface area contributed by atoms with Crippen LogP contribution in [0.15, 0.2) is 47.5 Å². The summed E-state index contributed by atoms with van der Waals surface area (Å²) in [5, 5.41) is 22.6. The van der Waals surface area contributed by atoms with Crippen LogP contribution in [0.4, 0.5) is 0 Å². The number of aromatic nitrogens is 1. The van der Waals surface area contributed by atoms with Gasteiger partial charge < -0.3 is 29.5 Å². The van der Waals surface area contributed by atoms with E-state index in [1.807, 2.05) is 25.1 Å². The SMILES string of the molecule is CCCCc1nc(O)c(C(=O)N2CCN(/C(=N/C)c3ccccc3C)CC2)c(O)c1-c1c(OC)cccc1OC. The van der Waals surface area contributed by atoms with Crippen molar-refractivity contribution in [2.45, 2.75) is 33.1 Å². The van der Waals surface area contributed by atoms with Crippen LogP contribution >= 0.6 is 0 Å². The van der Waals surface area contributed by atoms with E-state index in [0.717, 1.165) is 29.8 Å². The summed E-state index contributed by atoms with van der Waals surface area (Å²) in [4.78, 5) is 26.5. The first kappa shape index (κ1) is 28.7. The highest BCUT2D eigenvalue weighted by atomic mass is 16.5. The molecule has 0 spiro atoms. The topological polar surface area (TPSA) is 108 Å². The second-order valence-corrected chi connectivity index (χ2v) is 9.76. The van der Waals surface area contributed by atoms with Gasteiger partial charge in [0.15, 0.2) is 0 Å². The van der Waals surface area contributed by atoms with Crippen LogP contribution in [-0.4, -0.2) is 84.2 Å². The zero-order valence-electron chi connectivity index (χ0n) is 23.9. The number of ether oxygens (including phenoxy) is 2. The summed E-state index contributed by atoms with van der Waals surface area (Å²) >= 11 is 0. The van der Waals surface area contributed by atoms with E-state index in [1.165, 1.54) is 14.2 Å². The maximum Gasteiger partial charge on any atom is 0.263 e. The second-order valence-electron chi connectivity index (χ2n) is 9.76. The maximum atomic E-state index is 13.8. The molecule has 1 aromatic heterocycles. The number of aromatic hydroxyl groups is 2. The van der Waals surface area contributed by atoms with E-state index in [2.05, 4.69) is 27.9 Å². The van der Waals surface area contributed by atoms with Gasteiger partial charge in [0.1, 0.15) is 28.6 Å². The molecule has 0 saturated carbocycles. The Bertz CT molecular complexity index is 1370. The third kappa shape index (κ3) is 5.54. The van der Waals surface area contributed by atoms with Crippen LogP contribution in [0.3, 0.4) is 0 Å². The van der Waals surface area contributed by atoms with Crippen LogP contribution in [0, 0.1) is 6.92 Å². The van der Waals surface area contributed by atoms with Crippen LogP contribution in [0.5, 0.6) is 23.1 Å². The number of benzene rings is 2. The molecule has 1 aliphatic rings. The van der Waals surface area contributed by atoms with Gasteiger partial charge in [-0.3, -0.25) is 9.79 Å². The molecule has 40 heavy (non-hydrogen) atoms. The summed E-state index contributed by atoms with van der Waals surface area (Å²) in [6.45, 7) is 6.01. The number of piperazine rings is 1. The van der Waals surface area contributed by atoms with Gasteiger partial charge in [-0.1, -0.05) is 43.7 Å². The normalized spacial score (nSPS) is 13.9. The van der Waals surface area contributed by atoms with E-state index < -0.39 is 11.8 Å². The minimum Gasteiger partial charge on any atom is -0.506 e. The molecule has 1 amide bonds. The fourth-order valence-electron chi connectivity index (χ4n) is 5.23. The first-order valence-corrected chi connectivity index (χ1v) is 13.6. The van der Waals surface area contributed by atoms with Crippen LogP contribution in [-0.2, 0) is 6.42 Å². The Morgan fingerprint density at radius 1 is 0.950 bits per heavy atom. The van der Waals surface area contributed by atoms with Crippen LogP contribution < -0.4 is 9.47 Å². The molecule has 0 aliphatic carbocycles. The fourth-order valence-corrected chi connectivity index (χ4v) is 5.23. The third-order valence-corrected chi connectivity index (χ3v) is 7.35. The zero-order valence-corrected chi connectivity index (χ0v) is 23.9. The predicted octanol–water partition coefficient (Wildman–Crippen LogP) is 4.66. The molecule has 0 unspecified atom stereocenters. The Balaban J connectivity index is 1.69. The molecule has 1 saturated heterocycles. The average molecular weight is 547 g/mol. The van der Waals surface area contributed by atoms with E-state index >= 15 is 0 Å². The molecule has 9 nitrogen and oxygen atoms in total. The zero-order chi connectivity index (χ0) is 28.8. The van der Waals surface area contributed by atoms with Crippen molar-refractivity contribution < 1.29 is 24.5 Å². The molecule has 212 valence electrons. The third-order valence-electron chi connectivity index (χ3n) is 7.35. The van der Waals surface area contributed by atoms with Crippen molar-refractivity contribution in [3.63, 3.8) is 0 Å². The van der Waals surface area contributed by atoms with Crippen molar-refractivity contribution in [3.8, 4) is 34.3 Å². The number of carbonyl (C=O) groups excluding carboxylic acids is 1. The number of hydrogen-bond acceptors (Lipinski definition) is 7. The minimum absolute atomic E-state index is 0.222. The quantitative estimate of drug-likeness (QED) is 0.312. The highest BCUT2D eigenvalue weighted by Crippen LogP contribution is 2.47. The van der Waals surface area contributed by atoms with Gasteiger partial charge in [0.25, 0.3) is 5.91 Å². The molecule has 2 N–H and O–H groups in total. The molecule has 9 heteroatoms. The minimum atomic E-state index is -0.482. The monoisotopic (exact) mass is 546 g/mol. The van der Waals surface area contributed by atoms with Crippen molar-refractivity contribution in [2.75, 3.05) is 47.4 Å². The number of amides is 1. The Morgan fingerprint density at radius 2 is 1.57 bits per heavy atom. The van der Waals surface area contributed by atoms with Crippen molar-refractivity contribution in [1.82, 2.24) is 14.8 Å². The maximum absolute atomic E-state index is 13.8. The summed E-state index contributed by atoms with van der Waals surface area (Å²) in [5.41, 5.74) is 3.27. The van der Waals surface area contributed by atoms with Crippen molar-refractivity contribution in [2.24, 2.45) is 4.99 Å². The number of hydrogen-bond donors (Lipinski definition) is 2. The number of nitrogens with zero attached hydrogens (tertiary/aromatic N) is 4. The number of rotatable bonds is 8. The van der Waals surface area contributed by atoms with Crippen molar-refractivity contribution >= 4 is 11.7 Å². The van der Waals surface area contributed by atoms with E-state index in [-0.39, 0.29) is 11.3 Å². The summed E-state index contributed by atoms with van der Waals surface area (Å²) in [6.07, 6.45) is 2.18. The van der Waals surface area contributed by atoms with E-state index in [9.17, 15) is 15.0 Å². The fraction of sp³-hybridized carbons (Fsp3) is 0.387. The second kappa shape index (κ2) is 12.7. The number of unbranched alkanes of at least 4 members (excludes halogenated alkanes) is 1. The number of amidine groups is 1. The number of aryl methyl sites for hydroxylation is 2. The Kier molecular flexibility index (Phi) is 9.14. The lowest BCUT2D eigenvalue weighted by atomic mass is 9.95. The summed E-state index contributed by atoms with van der Waals surface area (Å²) in [7, 11) is 4.84. The Hall–Kier alpha value is -4.27. The van der Waals surface area contributed by atoms with Crippen LogP contribution in [0.1, 0.15) is 46.9 Å². The van der Waals surface area contributed by atoms with Gasteiger partial charge in [-0.2, -0.15) is 0 Å². The predicted molar refractivity (Wildman–Crippen MR) is 156 cm³/mol. The first-order chi connectivity index (χ1) is 19.4. The van der Waals surface area contributed by atoms with Gasteiger partial charge in [-0.05, 0) is 37.5 Å². The van der Waals surface area contributed by atoms with E-state index in [4.69, 9.17) is 9.47 Å². The van der Waals surface area contributed by atoms with Gasteiger partial charge in [0.2, 0.25) is 5.88 Å². The summed E-state index contributed by atoms with van der Waals surface area (Å²) in [5.74, 6) is 0.520. The molecular weight excluding hydrogens is 508 g/mol. The lowest BCUT2D eigenvalue weighted by Gasteiger charge is -2.37. The largest absolute Gasteiger partial charge is 0.506 e. The summed E-state index contributed by atoms with van der Waals surface area (Å²) in [6, 6.07) is 13.4. The van der Waals surface area contributed by atoms with Gasteiger partial charge in [-0.15, -0.1) is 0 Å². The van der Waals surface area contributed by atoms with Crippen molar-refractivity contribution in [1.29, 1.82) is 0 Å². The van der Waals surface area contributed by atoms with Crippen molar-refractivity contribution in [3.05, 3.63) is 64.8 Å².